The minimum Gasteiger partial charge on any atom is -0.480 e. The number of alkyl carbamates (subject to hydrolysis) is 1. The monoisotopic (exact) mass is 327 g/mol. The molecule has 9 heteroatoms. The number of carboxylic acids is 1. The number of aromatic nitrogens is 4. The summed E-state index contributed by atoms with van der Waals surface area (Å²) in [6.07, 6.45) is 1.42. The van der Waals surface area contributed by atoms with Gasteiger partial charge in [-0.15, -0.1) is 5.10 Å². The Kier molecular flexibility index (Phi) is 6.47. The summed E-state index contributed by atoms with van der Waals surface area (Å²) in [5, 5.41) is 23.2. The Labute approximate surface area is 135 Å². The molecule has 1 heterocycles. The zero-order chi connectivity index (χ0) is 17.6. The van der Waals surface area contributed by atoms with Gasteiger partial charge < -0.3 is 15.2 Å². The van der Waals surface area contributed by atoms with Crippen molar-refractivity contribution in [2.75, 3.05) is 0 Å². The molecule has 1 rings (SSSR count). The summed E-state index contributed by atoms with van der Waals surface area (Å²) in [5.41, 5.74) is -0.625. The van der Waals surface area contributed by atoms with Gasteiger partial charge in [0.25, 0.3) is 0 Å². The molecule has 2 N–H and O–H groups in total. The molecule has 1 amide bonds. The van der Waals surface area contributed by atoms with E-state index in [0.717, 1.165) is 12.8 Å². The zero-order valence-electron chi connectivity index (χ0n) is 14.2. The van der Waals surface area contributed by atoms with E-state index in [-0.39, 0.29) is 5.82 Å². The molecule has 0 aliphatic heterocycles. The summed E-state index contributed by atoms with van der Waals surface area (Å²) in [4.78, 5) is 23.3. The van der Waals surface area contributed by atoms with E-state index in [0.29, 0.717) is 6.42 Å². The molecule has 1 unspecified atom stereocenters. The van der Waals surface area contributed by atoms with Gasteiger partial charge in [0, 0.05) is 0 Å². The Hall–Kier alpha value is -2.19. The highest BCUT2D eigenvalue weighted by molar-refractivity contribution is 5.72. The maximum Gasteiger partial charge on any atom is 0.408 e. The molecule has 0 fully saturated rings. The highest BCUT2D eigenvalue weighted by Gasteiger charge is 2.27. The molecule has 0 aliphatic carbocycles. The molecule has 0 aromatic carbocycles. The number of unbranched alkanes of at least 4 members (excludes halogenated alkanes) is 1. The van der Waals surface area contributed by atoms with Gasteiger partial charge in [0.05, 0.1) is 6.04 Å². The Morgan fingerprint density at radius 3 is 2.57 bits per heavy atom. The smallest absolute Gasteiger partial charge is 0.408 e. The van der Waals surface area contributed by atoms with Crippen LogP contribution in [0, 0.1) is 0 Å². The number of amides is 1. The number of nitrogens with one attached hydrogen (secondary N) is 1. The summed E-state index contributed by atoms with van der Waals surface area (Å²) in [5.74, 6) is -0.726. The molecule has 130 valence electrons. The number of carboxylic acid groups (broad SMARTS) is 1. The van der Waals surface area contributed by atoms with E-state index in [9.17, 15) is 14.7 Å². The maximum absolute atomic E-state index is 11.8. The minimum absolute atomic E-state index is 0.277. The topological polar surface area (TPSA) is 119 Å². The Morgan fingerprint density at radius 1 is 1.39 bits per heavy atom. The number of carbonyl (C=O) groups excluding carboxylic acids is 1. The fourth-order valence-electron chi connectivity index (χ4n) is 2.00. The molecule has 0 radical (unpaired) electrons. The number of nitrogens with zero attached hydrogens (tertiary/aromatic N) is 4. The highest BCUT2D eigenvalue weighted by Crippen LogP contribution is 2.19. The van der Waals surface area contributed by atoms with Crippen molar-refractivity contribution in [3.63, 3.8) is 0 Å². The Bertz CT molecular complexity index is 538. The molecule has 1 aromatic rings. The number of ether oxygens (including phenoxy) is 1. The molecule has 0 saturated heterocycles. The third kappa shape index (κ3) is 5.84. The van der Waals surface area contributed by atoms with Crippen molar-refractivity contribution in [3.05, 3.63) is 5.82 Å². The van der Waals surface area contributed by atoms with Crippen LogP contribution < -0.4 is 5.32 Å². The minimum atomic E-state index is -1.00. The summed E-state index contributed by atoms with van der Waals surface area (Å²) in [7, 11) is 0. The first kappa shape index (κ1) is 18.9. The van der Waals surface area contributed by atoms with Gasteiger partial charge in [0.2, 0.25) is 0 Å². The molecule has 2 atom stereocenters. The maximum atomic E-state index is 11.8. The first-order valence-corrected chi connectivity index (χ1v) is 7.65. The predicted octanol–water partition coefficient (Wildman–Crippen LogP) is 2.07. The molecule has 0 bridgehead atoms. The van der Waals surface area contributed by atoms with Crippen LogP contribution in [-0.2, 0) is 9.53 Å². The Balaban J connectivity index is 2.86. The fraction of sp³-hybridized carbons (Fsp3) is 0.786. The van der Waals surface area contributed by atoms with Crippen LogP contribution in [0.2, 0.25) is 0 Å². The van der Waals surface area contributed by atoms with Gasteiger partial charge >= 0.3 is 12.1 Å². The van der Waals surface area contributed by atoms with Gasteiger partial charge in [-0.1, -0.05) is 19.8 Å². The summed E-state index contributed by atoms with van der Waals surface area (Å²) in [6.45, 7) is 8.92. The second-order valence-electron chi connectivity index (χ2n) is 6.35. The quantitative estimate of drug-likeness (QED) is 0.786. The van der Waals surface area contributed by atoms with Crippen molar-refractivity contribution in [1.29, 1.82) is 0 Å². The van der Waals surface area contributed by atoms with E-state index < -0.39 is 29.7 Å². The van der Waals surface area contributed by atoms with Gasteiger partial charge in [-0.2, -0.15) is 0 Å². The standard InChI is InChI=1S/C14H25N5O4/c1-6-7-8-10(12(20)21)19-11(16-17-18-19)9(2)15-13(22)23-14(3,4)5/h9-10H,6-8H2,1-5H3,(H,15,22)(H,20,21)/t9-,10?/m0/s1. The van der Waals surface area contributed by atoms with Crippen LogP contribution in [0.4, 0.5) is 4.79 Å². The number of carbonyl (C=O) groups is 2. The van der Waals surface area contributed by atoms with Crippen molar-refractivity contribution in [1.82, 2.24) is 25.5 Å². The second kappa shape index (κ2) is 7.89. The van der Waals surface area contributed by atoms with E-state index in [1.54, 1.807) is 27.7 Å². The van der Waals surface area contributed by atoms with Gasteiger partial charge in [0.1, 0.15) is 5.60 Å². The van der Waals surface area contributed by atoms with E-state index in [1.165, 1.54) is 4.68 Å². The highest BCUT2D eigenvalue weighted by atomic mass is 16.6. The van der Waals surface area contributed by atoms with Crippen molar-refractivity contribution in [3.8, 4) is 0 Å². The first-order valence-electron chi connectivity index (χ1n) is 7.65. The largest absolute Gasteiger partial charge is 0.480 e. The average molecular weight is 327 g/mol. The molecule has 1 aromatic heterocycles. The molecule has 0 aliphatic rings. The number of tetrazole rings is 1. The Morgan fingerprint density at radius 2 is 2.04 bits per heavy atom. The van der Waals surface area contributed by atoms with E-state index >= 15 is 0 Å². The van der Waals surface area contributed by atoms with Gasteiger partial charge in [-0.25, -0.2) is 14.3 Å². The van der Waals surface area contributed by atoms with Crippen LogP contribution in [0.15, 0.2) is 0 Å². The molecule has 23 heavy (non-hydrogen) atoms. The molecule has 9 nitrogen and oxygen atoms in total. The average Bonchev–Trinajstić information content (AvgIpc) is 2.85. The molecular weight excluding hydrogens is 302 g/mol. The van der Waals surface area contributed by atoms with Gasteiger partial charge in [0.15, 0.2) is 11.9 Å². The fourth-order valence-corrected chi connectivity index (χ4v) is 2.00. The SMILES string of the molecule is CCCCC(C(=O)O)n1nnnc1[C@H](C)NC(=O)OC(C)(C)C. The van der Waals surface area contributed by atoms with E-state index in [4.69, 9.17) is 4.74 Å². The third-order valence-corrected chi connectivity index (χ3v) is 3.05. The normalized spacial score (nSPS) is 14.1. The first-order chi connectivity index (χ1) is 10.7. The van der Waals surface area contributed by atoms with E-state index in [1.807, 2.05) is 6.92 Å². The van der Waals surface area contributed by atoms with Crippen LogP contribution in [-0.4, -0.2) is 43.0 Å². The molecule has 0 saturated carbocycles. The zero-order valence-corrected chi connectivity index (χ0v) is 14.2. The number of aliphatic carboxylic acids is 1. The van der Waals surface area contributed by atoms with Gasteiger partial charge in [-0.3, -0.25) is 0 Å². The number of hydrogen-bond acceptors (Lipinski definition) is 6. The summed E-state index contributed by atoms with van der Waals surface area (Å²) < 4.78 is 6.42. The predicted molar refractivity (Wildman–Crippen MR) is 81.8 cm³/mol. The number of rotatable bonds is 7. The third-order valence-electron chi connectivity index (χ3n) is 3.05. The van der Waals surface area contributed by atoms with Crippen LogP contribution in [0.25, 0.3) is 0 Å². The summed E-state index contributed by atoms with van der Waals surface area (Å²) in [6, 6.07) is -1.44. The lowest BCUT2D eigenvalue weighted by atomic mass is 10.1. The van der Waals surface area contributed by atoms with Crippen LogP contribution in [0.3, 0.4) is 0 Å². The second-order valence-corrected chi connectivity index (χ2v) is 6.35. The molecular formula is C14H25N5O4. The van der Waals surface area contributed by atoms with Crippen molar-refractivity contribution in [2.45, 2.75) is 71.6 Å². The van der Waals surface area contributed by atoms with E-state index in [2.05, 4.69) is 20.8 Å². The molecule has 0 spiro atoms. The van der Waals surface area contributed by atoms with Crippen molar-refractivity contribution >= 4 is 12.1 Å². The van der Waals surface area contributed by atoms with Crippen LogP contribution in [0.5, 0.6) is 0 Å². The number of hydrogen-bond donors (Lipinski definition) is 2. The van der Waals surface area contributed by atoms with Crippen molar-refractivity contribution < 1.29 is 19.4 Å². The lowest BCUT2D eigenvalue weighted by molar-refractivity contribution is -0.141. The van der Waals surface area contributed by atoms with Gasteiger partial charge in [-0.05, 0) is 44.5 Å². The van der Waals surface area contributed by atoms with Crippen LogP contribution in [0.1, 0.15) is 71.8 Å². The summed E-state index contributed by atoms with van der Waals surface area (Å²) >= 11 is 0. The lowest BCUT2D eigenvalue weighted by Gasteiger charge is -2.22. The van der Waals surface area contributed by atoms with Crippen molar-refractivity contribution in [2.24, 2.45) is 0 Å². The lowest BCUT2D eigenvalue weighted by Crippen LogP contribution is -2.35. The van der Waals surface area contributed by atoms with Crippen LogP contribution >= 0.6 is 0 Å².